The van der Waals surface area contributed by atoms with E-state index >= 15 is 0 Å². The number of hydrogen-bond acceptors (Lipinski definition) is 7. The average Bonchev–Trinajstić information content (AvgIpc) is 3.04. The molecule has 0 radical (unpaired) electrons. The number of hydrogen-bond donors (Lipinski definition) is 0. The number of aromatic nitrogens is 3. The second-order valence-corrected chi connectivity index (χ2v) is 7.08. The minimum Gasteiger partial charge on any atom is -0.423 e. The van der Waals surface area contributed by atoms with Crippen molar-refractivity contribution in [2.24, 2.45) is 0 Å². The lowest BCUT2D eigenvalue weighted by atomic mass is 10.3. The minimum atomic E-state index is 0.648. The molecule has 0 spiro atoms. The summed E-state index contributed by atoms with van der Waals surface area (Å²) >= 11 is 6.03. The number of nitrogens with zero attached hydrogens (tertiary/aromatic N) is 6. The van der Waals surface area contributed by atoms with Crippen molar-refractivity contribution in [3.05, 3.63) is 35.0 Å². The highest BCUT2D eigenvalue weighted by Crippen LogP contribution is 2.26. The molecular formula is C18H21ClN6O. The number of rotatable bonds is 3. The van der Waals surface area contributed by atoms with Gasteiger partial charge in [-0.15, -0.1) is 0 Å². The van der Waals surface area contributed by atoms with Crippen LogP contribution in [-0.4, -0.2) is 55.2 Å². The highest BCUT2D eigenvalue weighted by atomic mass is 35.5. The molecule has 26 heavy (non-hydrogen) atoms. The zero-order chi connectivity index (χ0) is 18.3. The van der Waals surface area contributed by atoms with Gasteiger partial charge in [-0.2, -0.15) is 9.97 Å². The van der Waals surface area contributed by atoms with Crippen LogP contribution >= 0.6 is 11.6 Å². The molecule has 1 saturated heterocycles. The summed E-state index contributed by atoms with van der Waals surface area (Å²) in [5, 5.41) is 0.665. The number of halogens is 1. The van der Waals surface area contributed by atoms with Crippen molar-refractivity contribution in [3.63, 3.8) is 0 Å². The van der Waals surface area contributed by atoms with Gasteiger partial charge in [0, 0.05) is 57.1 Å². The third-order valence-corrected chi connectivity index (χ3v) is 4.68. The highest BCUT2D eigenvalue weighted by Gasteiger charge is 2.22. The summed E-state index contributed by atoms with van der Waals surface area (Å²) in [5.41, 5.74) is 2.52. The van der Waals surface area contributed by atoms with Crippen molar-refractivity contribution >= 4 is 40.5 Å². The Hall–Kier alpha value is -2.54. The van der Waals surface area contributed by atoms with Gasteiger partial charge in [0.05, 0.1) is 0 Å². The summed E-state index contributed by atoms with van der Waals surface area (Å²) in [6.07, 6.45) is 0. The summed E-state index contributed by atoms with van der Waals surface area (Å²) in [6, 6.07) is 8.18. The Balaban J connectivity index is 1.50. The molecule has 0 amide bonds. The number of piperazine rings is 1. The fourth-order valence-corrected chi connectivity index (χ4v) is 3.22. The van der Waals surface area contributed by atoms with Crippen LogP contribution in [0.3, 0.4) is 0 Å². The summed E-state index contributed by atoms with van der Waals surface area (Å²) < 4.78 is 5.88. The predicted octanol–water partition coefficient (Wildman–Crippen LogP) is 2.97. The molecule has 1 aromatic carbocycles. The Bertz CT molecular complexity index is 933. The Labute approximate surface area is 157 Å². The maximum Gasteiger partial charge on any atom is 0.298 e. The molecule has 0 unspecified atom stereocenters. The molecule has 4 rings (SSSR count). The monoisotopic (exact) mass is 372 g/mol. The number of oxazole rings is 1. The van der Waals surface area contributed by atoms with Crippen LogP contribution in [0.15, 0.2) is 28.7 Å². The average molecular weight is 373 g/mol. The van der Waals surface area contributed by atoms with Crippen molar-refractivity contribution in [2.45, 2.75) is 6.92 Å². The van der Waals surface area contributed by atoms with E-state index in [0.29, 0.717) is 11.0 Å². The molecular weight excluding hydrogens is 352 g/mol. The molecule has 136 valence electrons. The van der Waals surface area contributed by atoms with Crippen LogP contribution in [-0.2, 0) is 0 Å². The minimum absolute atomic E-state index is 0.648. The maximum atomic E-state index is 6.03. The molecule has 3 heterocycles. The first-order valence-electron chi connectivity index (χ1n) is 8.58. The Kier molecular flexibility index (Phi) is 4.32. The lowest BCUT2D eigenvalue weighted by molar-refractivity contribution is 0.540. The van der Waals surface area contributed by atoms with Crippen LogP contribution in [0.25, 0.3) is 11.1 Å². The smallest absolute Gasteiger partial charge is 0.298 e. The van der Waals surface area contributed by atoms with Gasteiger partial charge in [-0.1, -0.05) is 11.6 Å². The van der Waals surface area contributed by atoms with Crippen molar-refractivity contribution in [1.29, 1.82) is 0 Å². The van der Waals surface area contributed by atoms with Gasteiger partial charge in [0.25, 0.3) is 6.01 Å². The molecule has 8 heteroatoms. The van der Waals surface area contributed by atoms with Crippen LogP contribution in [0.4, 0.5) is 17.8 Å². The van der Waals surface area contributed by atoms with Crippen LogP contribution in [0, 0.1) is 6.92 Å². The van der Waals surface area contributed by atoms with Crippen LogP contribution < -0.4 is 14.7 Å². The predicted molar refractivity (Wildman–Crippen MR) is 105 cm³/mol. The number of benzene rings is 1. The second-order valence-electron chi connectivity index (χ2n) is 6.64. The van der Waals surface area contributed by atoms with Gasteiger partial charge in [-0.05, 0) is 25.1 Å². The fourth-order valence-electron chi connectivity index (χ4n) is 3.05. The Morgan fingerprint density at radius 1 is 1.00 bits per heavy atom. The first-order chi connectivity index (χ1) is 12.5. The van der Waals surface area contributed by atoms with E-state index in [0.717, 1.165) is 54.7 Å². The van der Waals surface area contributed by atoms with Crippen molar-refractivity contribution in [2.75, 3.05) is 55.0 Å². The molecule has 7 nitrogen and oxygen atoms in total. The van der Waals surface area contributed by atoms with Crippen LogP contribution in [0.5, 0.6) is 0 Å². The standard InChI is InChI=1S/C18H21ClN6O/c1-12-10-16(22-17(20-12)23(2)3)24-6-8-25(9-7-24)18-21-14-11-13(19)4-5-15(14)26-18/h4-5,10-11H,6-9H2,1-3H3. The van der Waals surface area contributed by atoms with Crippen LogP contribution in [0.1, 0.15) is 5.69 Å². The summed E-state index contributed by atoms with van der Waals surface area (Å²) in [5.74, 6) is 1.70. The van der Waals surface area contributed by atoms with Gasteiger partial charge in [0.1, 0.15) is 11.3 Å². The van der Waals surface area contributed by atoms with Crippen molar-refractivity contribution in [1.82, 2.24) is 15.0 Å². The lowest BCUT2D eigenvalue weighted by Gasteiger charge is -2.34. The van der Waals surface area contributed by atoms with Crippen molar-refractivity contribution < 1.29 is 4.42 Å². The topological polar surface area (TPSA) is 61.5 Å². The first kappa shape index (κ1) is 16.9. The van der Waals surface area contributed by atoms with E-state index in [-0.39, 0.29) is 0 Å². The normalized spacial score (nSPS) is 14.9. The lowest BCUT2D eigenvalue weighted by Crippen LogP contribution is -2.47. The van der Waals surface area contributed by atoms with Gasteiger partial charge < -0.3 is 19.1 Å². The first-order valence-corrected chi connectivity index (χ1v) is 8.96. The SMILES string of the molecule is Cc1cc(N2CCN(c3nc4cc(Cl)ccc4o3)CC2)nc(N(C)C)n1. The molecule has 2 aromatic heterocycles. The zero-order valence-electron chi connectivity index (χ0n) is 15.1. The van der Waals surface area contributed by atoms with E-state index < -0.39 is 0 Å². The van der Waals surface area contributed by atoms with Crippen LogP contribution in [0.2, 0.25) is 5.02 Å². The Morgan fingerprint density at radius 3 is 2.46 bits per heavy atom. The van der Waals surface area contributed by atoms with Crippen molar-refractivity contribution in [3.8, 4) is 0 Å². The van der Waals surface area contributed by atoms with Gasteiger partial charge in [-0.25, -0.2) is 4.98 Å². The largest absolute Gasteiger partial charge is 0.423 e. The highest BCUT2D eigenvalue weighted by molar-refractivity contribution is 6.31. The molecule has 0 N–H and O–H groups in total. The van der Waals surface area contributed by atoms with Gasteiger partial charge >= 0.3 is 0 Å². The van der Waals surface area contributed by atoms with E-state index in [1.165, 1.54) is 0 Å². The molecule has 0 aliphatic carbocycles. The number of fused-ring (bicyclic) bond motifs is 1. The Morgan fingerprint density at radius 2 is 1.73 bits per heavy atom. The van der Waals surface area contributed by atoms with E-state index in [1.54, 1.807) is 0 Å². The van der Waals surface area contributed by atoms with Gasteiger partial charge in [0.2, 0.25) is 5.95 Å². The molecule has 0 saturated carbocycles. The maximum absolute atomic E-state index is 6.03. The third kappa shape index (κ3) is 3.26. The quantitative estimate of drug-likeness (QED) is 0.700. The molecule has 0 bridgehead atoms. The van der Waals surface area contributed by atoms with E-state index in [2.05, 4.69) is 24.8 Å². The molecule has 1 aliphatic rings. The van der Waals surface area contributed by atoms with E-state index in [9.17, 15) is 0 Å². The summed E-state index contributed by atoms with van der Waals surface area (Å²) in [4.78, 5) is 20.1. The fraction of sp³-hybridized carbons (Fsp3) is 0.389. The summed E-state index contributed by atoms with van der Waals surface area (Å²) in [6.45, 7) is 5.34. The molecule has 1 fully saturated rings. The molecule has 1 aliphatic heterocycles. The zero-order valence-corrected chi connectivity index (χ0v) is 15.9. The molecule has 3 aromatic rings. The summed E-state index contributed by atoms with van der Waals surface area (Å²) in [7, 11) is 3.91. The van der Waals surface area contributed by atoms with E-state index in [1.807, 2.05) is 50.2 Å². The third-order valence-electron chi connectivity index (χ3n) is 4.44. The number of anilines is 3. The van der Waals surface area contributed by atoms with Gasteiger partial charge in [-0.3, -0.25) is 0 Å². The van der Waals surface area contributed by atoms with Gasteiger partial charge in [0.15, 0.2) is 5.58 Å². The number of aryl methyl sites for hydroxylation is 1. The molecule has 0 atom stereocenters. The second kappa shape index (κ2) is 6.64. The van der Waals surface area contributed by atoms with E-state index in [4.69, 9.17) is 16.0 Å².